The van der Waals surface area contributed by atoms with Crippen molar-refractivity contribution in [2.45, 2.75) is 12.5 Å². The molecule has 0 aromatic heterocycles. The van der Waals surface area contributed by atoms with E-state index >= 15 is 0 Å². The lowest BCUT2D eigenvalue weighted by Crippen LogP contribution is -2.45. The van der Waals surface area contributed by atoms with Crippen molar-refractivity contribution in [3.8, 4) is 0 Å². The molecule has 1 atom stereocenters. The molecule has 1 aromatic carbocycles. The molecular weight excluding hydrogens is 217 g/mol. The predicted molar refractivity (Wildman–Crippen MR) is 68.7 cm³/mol. The third-order valence-electron chi connectivity index (χ3n) is 3.34. The molecule has 1 aromatic rings. The van der Waals surface area contributed by atoms with Crippen LogP contribution in [0, 0.1) is 5.82 Å². The van der Waals surface area contributed by atoms with Crippen LogP contribution in [-0.2, 0) is 0 Å². The van der Waals surface area contributed by atoms with E-state index in [9.17, 15) is 4.39 Å². The fourth-order valence-corrected chi connectivity index (χ4v) is 2.45. The summed E-state index contributed by atoms with van der Waals surface area (Å²) in [6.45, 7) is 3.36. The van der Waals surface area contributed by atoms with Gasteiger partial charge in [0, 0.05) is 19.6 Å². The third-order valence-corrected chi connectivity index (χ3v) is 3.34. The second-order valence-electron chi connectivity index (χ2n) is 4.65. The summed E-state index contributed by atoms with van der Waals surface area (Å²) in [6.07, 6.45) is 1.04. The normalized spacial score (nSPS) is 22.5. The van der Waals surface area contributed by atoms with E-state index in [1.54, 1.807) is 6.07 Å². The first-order chi connectivity index (χ1) is 8.22. The van der Waals surface area contributed by atoms with Crippen LogP contribution in [0.15, 0.2) is 24.3 Å². The van der Waals surface area contributed by atoms with Crippen molar-refractivity contribution in [1.82, 2.24) is 4.90 Å². The van der Waals surface area contributed by atoms with Crippen LogP contribution >= 0.6 is 0 Å². The van der Waals surface area contributed by atoms with Gasteiger partial charge in [-0.05, 0) is 32.1 Å². The maximum atomic E-state index is 13.8. The third kappa shape index (κ3) is 2.76. The molecule has 0 radical (unpaired) electrons. The van der Waals surface area contributed by atoms with Crippen molar-refractivity contribution in [2.24, 2.45) is 5.73 Å². The summed E-state index contributed by atoms with van der Waals surface area (Å²) in [4.78, 5) is 4.37. The Labute approximate surface area is 102 Å². The Hall–Kier alpha value is -1.13. The molecule has 2 N–H and O–H groups in total. The molecule has 0 saturated carbocycles. The number of halogens is 1. The highest BCUT2D eigenvalue weighted by atomic mass is 19.1. The van der Waals surface area contributed by atoms with Crippen molar-refractivity contribution in [3.05, 3.63) is 30.1 Å². The number of anilines is 1. The van der Waals surface area contributed by atoms with E-state index in [1.165, 1.54) is 6.07 Å². The number of nitrogens with two attached hydrogens (primary N) is 1. The van der Waals surface area contributed by atoms with Crippen LogP contribution < -0.4 is 10.6 Å². The molecular formula is C13H20FN3. The zero-order valence-electron chi connectivity index (χ0n) is 10.3. The van der Waals surface area contributed by atoms with E-state index < -0.39 is 0 Å². The Bertz CT molecular complexity index is 369. The fourth-order valence-electron chi connectivity index (χ4n) is 2.45. The Morgan fingerprint density at radius 3 is 2.82 bits per heavy atom. The Morgan fingerprint density at radius 2 is 2.12 bits per heavy atom. The minimum Gasteiger partial charge on any atom is -0.364 e. The highest BCUT2D eigenvalue weighted by molar-refractivity contribution is 5.49. The van der Waals surface area contributed by atoms with E-state index in [0.717, 1.165) is 26.1 Å². The molecule has 1 aliphatic rings. The monoisotopic (exact) mass is 237 g/mol. The van der Waals surface area contributed by atoms with Crippen LogP contribution in [0.25, 0.3) is 0 Å². The SMILES string of the molecule is CN1CCCN(c2ccccc2F)C(CN)C1. The van der Waals surface area contributed by atoms with Gasteiger partial charge in [-0.1, -0.05) is 12.1 Å². The molecule has 0 spiro atoms. The molecule has 3 nitrogen and oxygen atoms in total. The largest absolute Gasteiger partial charge is 0.364 e. The van der Waals surface area contributed by atoms with Gasteiger partial charge in [-0.15, -0.1) is 0 Å². The maximum Gasteiger partial charge on any atom is 0.146 e. The van der Waals surface area contributed by atoms with E-state index in [0.29, 0.717) is 12.2 Å². The number of rotatable bonds is 2. The standard InChI is InChI=1S/C13H20FN3/c1-16-7-4-8-17(11(9-15)10-16)13-6-3-2-5-12(13)14/h2-3,5-6,11H,4,7-10,15H2,1H3. The lowest BCUT2D eigenvalue weighted by atomic mass is 10.2. The van der Waals surface area contributed by atoms with Gasteiger partial charge in [-0.3, -0.25) is 0 Å². The molecule has 1 aliphatic heterocycles. The number of hydrogen-bond acceptors (Lipinski definition) is 3. The van der Waals surface area contributed by atoms with E-state index in [-0.39, 0.29) is 11.9 Å². The van der Waals surface area contributed by atoms with Crippen molar-refractivity contribution in [3.63, 3.8) is 0 Å². The topological polar surface area (TPSA) is 32.5 Å². The summed E-state index contributed by atoms with van der Waals surface area (Å²) in [5.41, 5.74) is 6.50. The summed E-state index contributed by atoms with van der Waals surface area (Å²) in [5, 5.41) is 0. The number of benzene rings is 1. The maximum absolute atomic E-state index is 13.8. The quantitative estimate of drug-likeness (QED) is 0.841. The smallest absolute Gasteiger partial charge is 0.146 e. The molecule has 4 heteroatoms. The first-order valence-electron chi connectivity index (χ1n) is 6.12. The molecule has 0 amide bonds. The molecule has 94 valence electrons. The number of hydrogen-bond donors (Lipinski definition) is 1. The van der Waals surface area contributed by atoms with Crippen LogP contribution in [0.1, 0.15) is 6.42 Å². The summed E-state index contributed by atoms with van der Waals surface area (Å²) < 4.78 is 13.8. The summed E-state index contributed by atoms with van der Waals surface area (Å²) in [5.74, 6) is -0.157. The lowest BCUT2D eigenvalue weighted by Gasteiger charge is -2.32. The van der Waals surface area contributed by atoms with Crippen LogP contribution in [0.3, 0.4) is 0 Å². The molecule has 17 heavy (non-hydrogen) atoms. The highest BCUT2D eigenvalue weighted by Crippen LogP contribution is 2.22. The molecule has 1 saturated heterocycles. The first kappa shape index (κ1) is 12.3. The van der Waals surface area contributed by atoms with Gasteiger partial charge in [0.25, 0.3) is 0 Å². The summed E-state index contributed by atoms with van der Waals surface area (Å²) >= 11 is 0. The van der Waals surface area contributed by atoms with Crippen LogP contribution in [-0.4, -0.2) is 44.2 Å². The van der Waals surface area contributed by atoms with Gasteiger partial charge < -0.3 is 15.5 Å². The van der Waals surface area contributed by atoms with Crippen molar-refractivity contribution < 1.29 is 4.39 Å². The molecule has 0 bridgehead atoms. The fraction of sp³-hybridized carbons (Fsp3) is 0.538. The average Bonchev–Trinajstić information content (AvgIpc) is 2.51. The molecule has 1 heterocycles. The Kier molecular flexibility index (Phi) is 3.97. The van der Waals surface area contributed by atoms with E-state index in [2.05, 4.69) is 16.8 Å². The molecule has 1 unspecified atom stereocenters. The Balaban J connectivity index is 2.25. The lowest BCUT2D eigenvalue weighted by molar-refractivity contribution is 0.332. The minimum atomic E-state index is -0.157. The van der Waals surface area contributed by atoms with Gasteiger partial charge in [-0.2, -0.15) is 0 Å². The zero-order valence-corrected chi connectivity index (χ0v) is 10.3. The minimum absolute atomic E-state index is 0.157. The second kappa shape index (κ2) is 5.47. The first-order valence-corrected chi connectivity index (χ1v) is 6.12. The van der Waals surface area contributed by atoms with Gasteiger partial charge in [-0.25, -0.2) is 4.39 Å². The van der Waals surface area contributed by atoms with Gasteiger partial charge in [0.2, 0.25) is 0 Å². The summed E-state index contributed by atoms with van der Waals surface area (Å²) in [7, 11) is 2.09. The molecule has 1 fully saturated rings. The predicted octanol–water partition coefficient (Wildman–Crippen LogP) is 1.29. The number of para-hydroxylation sites is 1. The highest BCUT2D eigenvalue weighted by Gasteiger charge is 2.24. The van der Waals surface area contributed by atoms with Gasteiger partial charge in [0.15, 0.2) is 0 Å². The molecule has 0 aliphatic carbocycles. The van der Waals surface area contributed by atoms with E-state index in [4.69, 9.17) is 5.73 Å². The average molecular weight is 237 g/mol. The molecule has 2 rings (SSSR count). The second-order valence-corrected chi connectivity index (χ2v) is 4.65. The van der Waals surface area contributed by atoms with Gasteiger partial charge in [0.1, 0.15) is 5.82 Å². The van der Waals surface area contributed by atoms with E-state index in [1.807, 2.05) is 12.1 Å². The summed E-state index contributed by atoms with van der Waals surface area (Å²) in [6, 6.07) is 7.14. The van der Waals surface area contributed by atoms with Gasteiger partial charge >= 0.3 is 0 Å². The zero-order chi connectivity index (χ0) is 12.3. The number of likely N-dealkylation sites (N-methyl/N-ethyl adjacent to an activating group) is 1. The van der Waals surface area contributed by atoms with Crippen LogP contribution in [0.4, 0.5) is 10.1 Å². The Morgan fingerprint density at radius 1 is 1.35 bits per heavy atom. The van der Waals surface area contributed by atoms with Gasteiger partial charge in [0.05, 0.1) is 11.7 Å². The van der Waals surface area contributed by atoms with Crippen molar-refractivity contribution in [2.75, 3.05) is 38.1 Å². The number of nitrogens with zero attached hydrogens (tertiary/aromatic N) is 2. The van der Waals surface area contributed by atoms with Crippen LogP contribution in [0.2, 0.25) is 0 Å². The van der Waals surface area contributed by atoms with Crippen molar-refractivity contribution >= 4 is 5.69 Å². The van der Waals surface area contributed by atoms with Crippen molar-refractivity contribution in [1.29, 1.82) is 0 Å². The van der Waals surface area contributed by atoms with Crippen LogP contribution in [0.5, 0.6) is 0 Å².